The maximum atomic E-state index is 5.75. The minimum Gasteiger partial charge on any atom is -0.377 e. The largest absolute Gasteiger partial charge is 0.377 e. The predicted octanol–water partition coefficient (Wildman–Crippen LogP) is 6.16. The second kappa shape index (κ2) is 10.3. The summed E-state index contributed by atoms with van der Waals surface area (Å²) in [5, 5.41) is 0. The summed E-state index contributed by atoms with van der Waals surface area (Å²) < 4.78 is 5.75. The van der Waals surface area contributed by atoms with Crippen molar-refractivity contribution in [2.45, 2.75) is 71.1 Å². The standard InChI is InChI=1S/C21H36O/c1-3-5-7-18-8-12-20(13-9-18)21-14-10-19(11-15-21)17-22-16-6-4-2/h3-4,6,18-21H,1,5,7-17H2,2H3/b6-4-/t18-,19?,20-,21?. The Labute approximate surface area is 138 Å². The molecule has 0 unspecified atom stereocenters. The van der Waals surface area contributed by atoms with E-state index in [2.05, 4.69) is 31.7 Å². The van der Waals surface area contributed by atoms with E-state index < -0.39 is 0 Å². The Morgan fingerprint density at radius 1 is 0.909 bits per heavy atom. The van der Waals surface area contributed by atoms with Crippen molar-refractivity contribution in [2.75, 3.05) is 13.2 Å². The smallest absolute Gasteiger partial charge is 0.0647 e. The van der Waals surface area contributed by atoms with Crippen molar-refractivity contribution in [3.63, 3.8) is 0 Å². The van der Waals surface area contributed by atoms with Crippen LogP contribution in [0.5, 0.6) is 0 Å². The van der Waals surface area contributed by atoms with Crippen LogP contribution >= 0.6 is 0 Å². The summed E-state index contributed by atoms with van der Waals surface area (Å²) in [6.45, 7) is 7.69. The summed E-state index contributed by atoms with van der Waals surface area (Å²) in [6, 6.07) is 0. The van der Waals surface area contributed by atoms with Gasteiger partial charge in [-0.15, -0.1) is 6.58 Å². The van der Waals surface area contributed by atoms with E-state index in [9.17, 15) is 0 Å². The Bertz CT molecular complexity index is 317. The van der Waals surface area contributed by atoms with Gasteiger partial charge in [0.15, 0.2) is 0 Å². The molecule has 0 N–H and O–H groups in total. The van der Waals surface area contributed by atoms with Crippen LogP contribution in [0.3, 0.4) is 0 Å². The molecule has 0 saturated heterocycles. The third-order valence-electron chi connectivity index (χ3n) is 6.03. The normalized spacial score (nSPS) is 33.1. The monoisotopic (exact) mass is 304 g/mol. The third-order valence-corrected chi connectivity index (χ3v) is 6.03. The lowest BCUT2D eigenvalue weighted by atomic mass is 9.69. The van der Waals surface area contributed by atoms with Gasteiger partial charge in [-0.05, 0) is 82.0 Å². The van der Waals surface area contributed by atoms with Crippen molar-refractivity contribution in [1.82, 2.24) is 0 Å². The first-order valence-electron chi connectivity index (χ1n) is 9.63. The van der Waals surface area contributed by atoms with E-state index in [4.69, 9.17) is 4.74 Å². The van der Waals surface area contributed by atoms with E-state index in [1.54, 1.807) is 0 Å². The maximum Gasteiger partial charge on any atom is 0.0647 e. The van der Waals surface area contributed by atoms with Crippen molar-refractivity contribution in [3.8, 4) is 0 Å². The molecular weight excluding hydrogens is 268 g/mol. The van der Waals surface area contributed by atoms with Gasteiger partial charge in [-0.1, -0.05) is 31.1 Å². The summed E-state index contributed by atoms with van der Waals surface area (Å²) in [5.74, 6) is 3.87. The highest BCUT2D eigenvalue weighted by molar-refractivity contribution is 4.83. The quantitative estimate of drug-likeness (QED) is 0.385. The molecule has 0 bridgehead atoms. The molecule has 2 fully saturated rings. The number of ether oxygens (including phenoxy) is 1. The van der Waals surface area contributed by atoms with Crippen LogP contribution in [-0.4, -0.2) is 13.2 Å². The first kappa shape index (κ1) is 17.8. The zero-order valence-corrected chi connectivity index (χ0v) is 14.6. The summed E-state index contributed by atoms with van der Waals surface area (Å²) in [4.78, 5) is 0. The van der Waals surface area contributed by atoms with Crippen LogP contribution in [0.1, 0.15) is 71.1 Å². The van der Waals surface area contributed by atoms with Gasteiger partial charge in [0.2, 0.25) is 0 Å². The summed E-state index contributed by atoms with van der Waals surface area (Å²) >= 11 is 0. The zero-order chi connectivity index (χ0) is 15.6. The van der Waals surface area contributed by atoms with Crippen LogP contribution in [0.25, 0.3) is 0 Å². The van der Waals surface area contributed by atoms with E-state index in [-0.39, 0.29) is 0 Å². The second-order valence-electron chi connectivity index (χ2n) is 7.53. The fourth-order valence-electron chi connectivity index (χ4n) is 4.53. The predicted molar refractivity (Wildman–Crippen MR) is 96.0 cm³/mol. The van der Waals surface area contributed by atoms with Gasteiger partial charge in [-0.25, -0.2) is 0 Å². The lowest BCUT2D eigenvalue weighted by Crippen LogP contribution is -2.27. The van der Waals surface area contributed by atoms with Gasteiger partial charge in [0, 0.05) is 6.61 Å². The average Bonchev–Trinajstić information content (AvgIpc) is 2.58. The molecule has 2 rings (SSSR count). The molecule has 0 aromatic heterocycles. The Morgan fingerprint density at radius 3 is 2.05 bits per heavy atom. The summed E-state index contributed by atoms with van der Waals surface area (Å²) in [5.41, 5.74) is 0. The summed E-state index contributed by atoms with van der Waals surface area (Å²) in [6.07, 6.45) is 20.5. The van der Waals surface area contributed by atoms with Crippen molar-refractivity contribution in [2.24, 2.45) is 23.7 Å². The molecule has 22 heavy (non-hydrogen) atoms. The van der Waals surface area contributed by atoms with Crippen LogP contribution in [0, 0.1) is 23.7 Å². The van der Waals surface area contributed by atoms with Crippen molar-refractivity contribution in [3.05, 3.63) is 24.8 Å². The van der Waals surface area contributed by atoms with E-state index in [0.29, 0.717) is 0 Å². The first-order valence-corrected chi connectivity index (χ1v) is 9.63. The first-order chi connectivity index (χ1) is 10.8. The van der Waals surface area contributed by atoms with Gasteiger partial charge in [-0.2, -0.15) is 0 Å². The summed E-state index contributed by atoms with van der Waals surface area (Å²) in [7, 11) is 0. The fourth-order valence-corrected chi connectivity index (χ4v) is 4.53. The molecule has 0 aromatic carbocycles. The van der Waals surface area contributed by atoms with Gasteiger partial charge in [0.25, 0.3) is 0 Å². The molecule has 1 heteroatoms. The molecule has 0 heterocycles. The maximum absolute atomic E-state index is 5.75. The van der Waals surface area contributed by atoms with Crippen LogP contribution < -0.4 is 0 Å². The van der Waals surface area contributed by atoms with E-state index in [0.717, 1.165) is 36.9 Å². The highest BCUT2D eigenvalue weighted by Crippen LogP contribution is 2.42. The van der Waals surface area contributed by atoms with Crippen LogP contribution in [-0.2, 0) is 4.74 Å². The van der Waals surface area contributed by atoms with Crippen molar-refractivity contribution >= 4 is 0 Å². The molecule has 0 aliphatic heterocycles. The lowest BCUT2D eigenvalue weighted by Gasteiger charge is -2.37. The van der Waals surface area contributed by atoms with Gasteiger partial charge in [0.05, 0.1) is 6.61 Å². The van der Waals surface area contributed by atoms with E-state index >= 15 is 0 Å². The second-order valence-corrected chi connectivity index (χ2v) is 7.53. The Balaban J connectivity index is 1.60. The number of rotatable bonds is 8. The molecule has 2 aliphatic rings. The fraction of sp³-hybridized carbons (Fsp3) is 0.810. The molecular formula is C21H36O. The molecule has 0 radical (unpaired) electrons. The molecule has 0 aromatic rings. The molecule has 0 atom stereocenters. The minimum absolute atomic E-state index is 0.797. The molecule has 126 valence electrons. The van der Waals surface area contributed by atoms with Crippen LogP contribution in [0.2, 0.25) is 0 Å². The van der Waals surface area contributed by atoms with Crippen molar-refractivity contribution in [1.29, 1.82) is 0 Å². The topological polar surface area (TPSA) is 9.23 Å². The molecule has 2 aliphatic carbocycles. The van der Waals surface area contributed by atoms with E-state index in [1.165, 1.54) is 64.2 Å². The van der Waals surface area contributed by atoms with E-state index in [1.807, 2.05) is 0 Å². The third kappa shape index (κ3) is 5.91. The molecule has 0 amide bonds. The van der Waals surface area contributed by atoms with Gasteiger partial charge < -0.3 is 4.74 Å². The van der Waals surface area contributed by atoms with Crippen molar-refractivity contribution < 1.29 is 4.74 Å². The Hall–Kier alpha value is -0.560. The molecule has 1 nitrogen and oxygen atoms in total. The molecule has 0 spiro atoms. The number of hydrogen-bond acceptors (Lipinski definition) is 1. The van der Waals surface area contributed by atoms with Gasteiger partial charge in [-0.3, -0.25) is 0 Å². The number of hydrogen-bond donors (Lipinski definition) is 0. The van der Waals surface area contributed by atoms with Crippen LogP contribution in [0.15, 0.2) is 24.8 Å². The SMILES string of the molecule is C=CCC[C@H]1CC[C@H](C2CCC(COC/C=C\C)CC2)CC1. The number of allylic oxidation sites excluding steroid dienone is 2. The molecule has 2 saturated carbocycles. The van der Waals surface area contributed by atoms with Gasteiger partial charge >= 0.3 is 0 Å². The van der Waals surface area contributed by atoms with Crippen LogP contribution in [0.4, 0.5) is 0 Å². The Kier molecular flexibility index (Phi) is 8.30. The van der Waals surface area contributed by atoms with Gasteiger partial charge in [0.1, 0.15) is 0 Å². The zero-order valence-electron chi connectivity index (χ0n) is 14.6. The highest BCUT2D eigenvalue weighted by atomic mass is 16.5. The average molecular weight is 305 g/mol. The minimum atomic E-state index is 0.797. The Morgan fingerprint density at radius 2 is 1.50 bits per heavy atom. The highest BCUT2D eigenvalue weighted by Gasteiger charge is 2.30. The lowest BCUT2D eigenvalue weighted by molar-refractivity contribution is 0.0780.